The van der Waals surface area contributed by atoms with Crippen LogP contribution in [0, 0.1) is 0 Å². The van der Waals surface area contributed by atoms with Crippen molar-refractivity contribution < 1.29 is 9.90 Å². The molecule has 1 aromatic rings. The van der Waals surface area contributed by atoms with E-state index in [2.05, 4.69) is 17.4 Å². The minimum Gasteiger partial charge on any atom is -0.480 e. The second-order valence-electron chi connectivity index (χ2n) is 6.92. The molecular formula is C19H31N3O2. The predicted octanol–water partition coefficient (Wildman–Crippen LogP) is 3.51. The topological polar surface area (TPSA) is 88.2 Å². The standard InChI is InChI=1S/C19H31N3O2/c1-2-19(20,18(23)24)13-7-5-3-4-6-10-16-12-11-15-9-8-14-21-17(15)22-16/h11-12H,2-10,13-14,20H2,1H3,(H,21,22)(H,23,24)/t19-/m0/s1. The lowest BCUT2D eigenvalue weighted by molar-refractivity contribution is -0.143. The smallest absolute Gasteiger partial charge is 0.323 e. The van der Waals surface area contributed by atoms with Gasteiger partial charge < -0.3 is 16.2 Å². The highest BCUT2D eigenvalue weighted by Crippen LogP contribution is 2.21. The SMILES string of the molecule is CC[C@](N)(CCCCCCCc1ccc2c(n1)NCCC2)C(=O)O. The first-order chi connectivity index (χ1) is 11.5. The van der Waals surface area contributed by atoms with Gasteiger partial charge in [0.2, 0.25) is 0 Å². The highest BCUT2D eigenvalue weighted by molar-refractivity contribution is 5.78. The van der Waals surface area contributed by atoms with E-state index in [0.717, 1.165) is 57.3 Å². The number of nitrogens with one attached hydrogen (secondary N) is 1. The van der Waals surface area contributed by atoms with E-state index in [4.69, 9.17) is 15.8 Å². The van der Waals surface area contributed by atoms with E-state index in [1.807, 2.05) is 6.92 Å². The molecule has 0 aliphatic carbocycles. The van der Waals surface area contributed by atoms with Crippen molar-refractivity contribution in [3.05, 3.63) is 23.4 Å². The number of aliphatic carboxylic acids is 1. The van der Waals surface area contributed by atoms with Crippen LogP contribution in [0.2, 0.25) is 0 Å². The lowest BCUT2D eigenvalue weighted by Crippen LogP contribution is -2.47. The Morgan fingerprint density at radius 2 is 2.04 bits per heavy atom. The molecular weight excluding hydrogens is 302 g/mol. The third-order valence-electron chi connectivity index (χ3n) is 5.06. The maximum Gasteiger partial charge on any atom is 0.323 e. The molecule has 4 N–H and O–H groups in total. The van der Waals surface area contributed by atoms with Crippen LogP contribution in [0.5, 0.6) is 0 Å². The molecule has 0 fully saturated rings. The number of pyridine rings is 1. The first-order valence-corrected chi connectivity index (χ1v) is 9.30. The van der Waals surface area contributed by atoms with Crippen LogP contribution in [0.4, 0.5) is 5.82 Å². The van der Waals surface area contributed by atoms with Crippen LogP contribution < -0.4 is 11.1 Å². The average molecular weight is 333 g/mol. The number of carboxylic acid groups (broad SMARTS) is 1. The normalized spacial score (nSPS) is 16.1. The minimum absolute atomic E-state index is 0.486. The Morgan fingerprint density at radius 3 is 2.79 bits per heavy atom. The summed E-state index contributed by atoms with van der Waals surface area (Å²) >= 11 is 0. The number of anilines is 1. The van der Waals surface area contributed by atoms with Crippen molar-refractivity contribution in [2.45, 2.75) is 76.7 Å². The van der Waals surface area contributed by atoms with Crippen molar-refractivity contribution in [3.8, 4) is 0 Å². The summed E-state index contributed by atoms with van der Waals surface area (Å²) in [6, 6.07) is 4.37. The summed E-state index contributed by atoms with van der Waals surface area (Å²) in [4.78, 5) is 15.9. The Labute approximate surface area is 145 Å². The van der Waals surface area contributed by atoms with Crippen molar-refractivity contribution in [3.63, 3.8) is 0 Å². The van der Waals surface area contributed by atoms with Crippen LogP contribution in [-0.4, -0.2) is 28.1 Å². The zero-order valence-electron chi connectivity index (χ0n) is 14.8. The van der Waals surface area contributed by atoms with Crippen LogP contribution >= 0.6 is 0 Å². The third kappa shape index (κ3) is 5.20. The summed E-state index contributed by atoms with van der Waals surface area (Å²) in [5.74, 6) is 0.198. The van der Waals surface area contributed by atoms with Gasteiger partial charge in [-0.3, -0.25) is 4.79 Å². The first-order valence-electron chi connectivity index (χ1n) is 9.30. The van der Waals surface area contributed by atoms with Crippen molar-refractivity contribution in [1.29, 1.82) is 0 Å². The molecule has 1 aliphatic heterocycles. The summed E-state index contributed by atoms with van der Waals surface area (Å²) in [6.45, 7) is 2.87. The molecule has 1 atom stereocenters. The predicted molar refractivity (Wildman–Crippen MR) is 97.3 cm³/mol. The highest BCUT2D eigenvalue weighted by Gasteiger charge is 2.30. The van der Waals surface area contributed by atoms with Gasteiger partial charge in [0.15, 0.2) is 0 Å². The maximum absolute atomic E-state index is 11.1. The van der Waals surface area contributed by atoms with Crippen molar-refractivity contribution in [2.24, 2.45) is 5.73 Å². The van der Waals surface area contributed by atoms with Gasteiger partial charge in [0.25, 0.3) is 0 Å². The van der Waals surface area contributed by atoms with Gasteiger partial charge in [-0.05, 0) is 50.2 Å². The quantitative estimate of drug-likeness (QED) is 0.570. The summed E-state index contributed by atoms with van der Waals surface area (Å²) in [7, 11) is 0. The van der Waals surface area contributed by atoms with Gasteiger partial charge in [-0.2, -0.15) is 0 Å². The molecule has 0 saturated heterocycles. The van der Waals surface area contributed by atoms with Crippen LogP contribution in [0.15, 0.2) is 12.1 Å². The largest absolute Gasteiger partial charge is 0.480 e. The van der Waals surface area contributed by atoms with Crippen molar-refractivity contribution in [2.75, 3.05) is 11.9 Å². The fraction of sp³-hybridized carbons (Fsp3) is 0.684. The molecule has 0 radical (unpaired) electrons. The molecule has 1 aliphatic rings. The molecule has 0 unspecified atom stereocenters. The van der Waals surface area contributed by atoms with E-state index in [1.165, 1.54) is 17.7 Å². The molecule has 0 aromatic carbocycles. The fourth-order valence-corrected chi connectivity index (χ4v) is 3.22. The van der Waals surface area contributed by atoms with Gasteiger partial charge in [0.1, 0.15) is 11.4 Å². The second-order valence-corrected chi connectivity index (χ2v) is 6.92. The Balaban J connectivity index is 1.61. The number of aryl methyl sites for hydroxylation is 2. The lowest BCUT2D eigenvalue weighted by Gasteiger charge is -2.22. The Bertz CT molecular complexity index is 547. The van der Waals surface area contributed by atoms with E-state index < -0.39 is 11.5 Å². The van der Waals surface area contributed by atoms with Gasteiger partial charge in [-0.1, -0.05) is 38.7 Å². The zero-order valence-corrected chi connectivity index (χ0v) is 14.8. The van der Waals surface area contributed by atoms with Gasteiger partial charge in [-0.15, -0.1) is 0 Å². The number of hydrogen-bond donors (Lipinski definition) is 3. The molecule has 1 aromatic heterocycles. The Hall–Kier alpha value is -1.62. The number of aromatic nitrogens is 1. The summed E-state index contributed by atoms with van der Waals surface area (Å²) in [5, 5.41) is 12.5. The molecule has 134 valence electrons. The molecule has 0 saturated carbocycles. The van der Waals surface area contributed by atoms with Crippen LogP contribution in [0.25, 0.3) is 0 Å². The fourth-order valence-electron chi connectivity index (χ4n) is 3.22. The summed E-state index contributed by atoms with van der Waals surface area (Å²) < 4.78 is 0. The molecule has 5 heteroatoms. The molecule has 0 bridgehead atoms. The van der Waals surface area contributed by atoms with Gasteiger partial charge in [0, 0.05) is 12.2 Å². The minimum atomic E-state index is -1.04. The molecule has 2 rings (SSSR count). The van der Waals surface area contributed by atoms with Crippen LogP contribution in [-0.2, 0) is 17.6 Å². The molecule has 24 heavy (non-hydrogen) atoms. The molecule has 0 amide bonds. The number of carbonyl (C=O) groups is 1. The maximum atomic E-state index is 11.1. The third-order valence-corrected chi connectivity index (χ3v) is 5.06. The summed E-state index contributed by atoms with van der Waals surface area (Å²) in [5.41, 5.74) is 7.36. The summed E-state index contributed by atoms with van der Waals surface area (Å²) in [6.07, 6.45) is 9.74. The lowest BCUT2D eigenvalue weighted by atomic mass is 9.90. The van der Waals surface area contributed by atoms with Crippen molar-refractivity contribution in [1.82, 2.24) is 4.98 Å². The number of carboxylic acids is 1. The van der Waals surface area contributed by atoms with Gasteiger partial charge in [0.05, 0.1) is 0 Å². The molecule has 0 spiro atoms. The number of fused-ring (bicyclic) bond motifs is 1. The van der Waals surface area contributed by atoms with Crippen LogP contribution in [0.3, 0.4) is 0 Å². The average Bonchev–Trinajstić information content (AvgIpc) is 2.60. The van der Waals surface area contributed by atoms with Crippen molar-refractivity contribution >= 4 is 11.8 Å². The second kappa shape index (κ2) is 9.02. The number of nitrogens with zero attached hydrogens (tertiary/aromatic N) is 1. The van der Waals surface area contributed by atoms with E-state index >= 15 is 0 Å². The van der Waals surface area contributed by atoms with E-state index in [0.29, 0.717) is 12.8 Å². The van der Waals surface area contributed by atoms with E-state index in [-0.39, 0.29) is 0 Å². The number of hydrogen-bond acceptors (Lipinski definition) is 4. The highest BCUT2D eigenvalue weighted by atomic mass is 16.4. The zero-order chi connectivity index (χ0) is 17.4. The van der Waals surface area contributed by atoms with Gasteiger partial charge in [-0.25, -0.2) is 4.98 Å². The number of unbranched alkanes of at least 4 members (excludes halogenated alkanes) is 4. The van der Waals surface area contributed by atoms with E-state index in [1.54, 1.807) is 0 Å². The monoisotopic (exact) mass is 333 g/mol. The molecule has 2 heterocycles. The van der Waals surface area contributed by atoms with Gasteiger partial charge >= 0.3 is 5.97 Å². The number of rotatable bonds is 10. The Kier molecular flexibility index (Phi) is 7.03. The first kappa shape index (κ1) is 18.7. The molecule has 5 nitrogen and oxygen atoms in total. The van der Waals surface area contributed by atoms with E-state index in [9.17, 15) is 4.79 Å². The Morgan fingerprint density at radius 1 is 1.29 bits per heavy atom. The number of nitrogens with two attached hydrogens (primary N) is 1. The van der Waals surface area contributed by atoms with Crippen LogP contribution in [0.1, 0.15) is 69.5 Å².